The number of nitrogens with zero attached hydrogens (tertiary/aromatic N) is 2. The van der Waals surface area contributed by atoms with Gasteiger partial charge in [0.1, 0.15) is 11.0 Å². The van der Waals surface area contributed by atoms with Crippen molar-refractivity contribution < 1.29 is 4.79 Å². The van der Waals surface area contributed by atoms with Crippen LogP contribution in [0, 0.1) is 0 Å². The van der Waals surface area contributed by atoms with Crippen molar-refractivity contribution in [3.63, 3.8) is 0 Å². The van der Waals surface area contributed by atoms with Crippen LogP contribution < -0.4 is 11.1 Å². The number of nitrogens with two attached hydrogens (primary N) is 1. The second-order valence-electron chi connectivity index (χ2n) is 4.99. The van der Waals surface area contributed by atoms with Gasteiger partial charge in [-0.05, 0) is 45.0 Å². The van der Waals surface area contributed by atoms with Gasteiger partial charge in [0.2, 0.25) is 0 Å². The minimum Gasteiger partial charge on any atom is -0.384 e. The number of rotatable bonds is 4. The Bertz CT molecular complexity index is 440. The van der Waals surface area contributed by atoms with Crippen LogP contribution in [0.4, 0.5) is 5.82 Å². The van der Waals surface area contributed by atoms with Gasteiger partial charge in [-0.15, -0.1) is 0 Å². The molecule has 0 aromatic carbocycles. The summed E-state index contributed by atoms with van der Waals surface area (Å²) in [5.41, 5.74) is 6.03. The fourth-order valence-electron chi connectivity index (χ4n) is 2.35. The first-order chi connectivity index (χ1) is 9.04. The summed E-state index contributed by atoms with van der Waals surface area (Å²) >= 11 is 5.79. The lowest BCUT2D eigenvalue weighted by molar-refractivity contribution is 0.0932. The lowest BCUT2D eigenvalue weighted by Crippen LogP contribution is -2.41. The largest absolute Gasteiger partial charge is 0.384 e. The van der Waals surface area contributed by atoms with Crippen molar-refractivity contribution in [3.8, 4) is 0 Å². The van der Waals surface area contributed by atoms with E-state index in [0.717, 1.165) is 19.6 Å². The Morgan fingerprint density at radius 3 is 2.84 bits per heavy atom. The number of hydrogen-bond acceptors (Lipinski definition) is 4. The minimum atomic E-state index is -0.164. The third-order valence-corrected chi connectivity index (χ3v) is 3.38. The molecule has 1 atom stereocenters. The molecule has 0 bridgehead atoms. The number of amides is 1. The lowest BCUT2D eigenvalue weighted by atomic mass is 10.2. The highest BCUT2D eigenvalue weighted by Gasteiger charge is 2.17. The normalized spacial score (nSPS) is 17.4. The maximum Gasteiger partial charge on any atom is 0.251 e. The number of likely N-dealkylation sites (tertiary alicyclic amines) is 1. The SMILES string of the molecule is CC(CN1CCCC1)NC(=O)c1cc(N)nc(Cl)c1. The fourth-order valence-corrected chi connectivity index (χ4v) is 2.57. The van der Waals surface area contributed by atoms with Gasteiger partial charge < -0.3 is 16.0 Å². The molecule has 2 heterocycles. The first kappa shape index (κ1) is 14.1. The maximum atomic E-state index is 12.1. The number of nitrogens with one attached hydrogen (secondary N) is 1. The Labute approximate surface area is 118 Å². The fraction of sp³-hybridized carbons (Fsp3) is 0.538. The van der Waals surface area contributed by atoms with Gasteiger partial charge in [0.25, 0.3) is 5.91 Å². The number of anilines is 1. The smallest absolute Gasteiger partial charge is 0.251 e. The molecule has 0 radical (unpaired) electrons. The van der Waals surface area contributed by atoms with E-state index in [0.29, 0.717) is 5.56 Å². The Morgan fingerprint density at radius 1 is 1.53 bits per heavy atom. The molecule has 1 unspecified atom stereocenters. The van der Waals surface area contributed by atoms with Crippen molar-refractivity contribution in [1.29, 1.82) is 0 Å². The quantitative estimate of drug-likeness (QED) is 0.822. The molecule has 1 aromatic rings. The average Bonchev–Trinajstić information content (AvgIpc) is 2.80. The predicted molar refractivity (Wildman–Crippen MR) is 76.3 cm³/mol. The molecule has 104 valence electrons. The Morgan fingerprint density at radius 2 is 2.21 bits per heavy atom. The first-order valence-electron chi connectivity index (χ1n) is 6.51. The van der Waals surface area contributed by atoms with Gasteiger partial charge in [0.15, 0.2) is 0 Å². The van der Waals surface area contributed by atoms with Crippen LogP contribution in [-0.2, 0) is 0 Å². The summed E-state index contributed by atoms with van der Waals surface area (Å²) in [5, 5.41) is 3.19. The van der Waals surface area contributed by atoms with E-state index < -0.39 is 0 Å². The Hall–Kier alpha value is -1.33. The summed E-state index contributed by atoms with van der Waals surface area (Å²) < 4.78 is 0. The second-order valence-corrected chi connectivity index (χ2v) is 5.37. The number of pyridine rings is 1. The summed E-state index contributed by atoms with van der Waals surface area (Å²) in [6, 6.07) is 3.15. The molecule has 5 nitrogen and oxygen atoms in total. The molecule has 1 aromatic heterocycles. The highest BCUT2D eigenvalue weighted by Crippen LogP contribution is 2.12. The van der Waals surface area contributed by atoms with E-state index in [1.165, 1.54) is 25.0 Å². The molecule has 1 saturated heterocycles. The van der Waals surface area contributed by atoms with Crippen molar-refractivity contribution in [1.82, 2.24) is 15.2 Å². The van der Waals surface area contributed by atoms with E-state index in [2.05, 4.69) is 15.2 Å². The van der Waals surface area contributed by atoms with Crippen LogP contribution in [-0.4, -0.2) is 41.5 Å². The number of nitrogen functional groups attached to an aromatic ring is 1. The van der Waals surface area contributed by atoms with Crippen LogP contribution >= 0.6 is 11.6 Å². The van der Waals surface area contributed by atoms with Gasteiger partial charge in [0, 0.05) is 18.2 Å². The van der Waals surface area contributed by atoms with Crippen LogP contribution in [0.2, 0.25) is 5.15 Å². The summed E-state index contributed by atoms with van der Waals surface area (Å²) in [4.78, 5) is 18.3. The number of hydrogen-bond donors (Lipinski definition) is 2. The monoisotopic (exact) mass is 282 g/mol. The van der Waals surface area contributed by atoms with Gasteiger partial charge in [-0.1, -0.05) is 11.6 Å². The standard InChI is InChI=1S/C13H19ClN4O/c1-9(8-18-4-2-3-5-18)16-13(19)10-6-11(14)17-12(15)7-10/h6-7,9H,2-5,8H2,1H3,(H2,15,17)(H,16,19). The molecule has 6 heteroatoms. The molecule has 1 aliphatic heterocycles. The molecule has 1 fully saturated rings. The summed E-state index contributed by atoms with van der Waals surface area (Å²) in [7, 11) is 0. The number of aromatic nitrogens is 1. The predicted octanol–water partition coefficient (Wildman–Crippen LogP) is 1.53. The third-order valence-electron chi connectivity index (χ3n) is 3.18. The molecule has 19 heavy (non-hydrogen) atoms. The maximum absolute atomic E-state index is 12.1. The van der Waals surface area contributed by atoms with Gasteiger partial charge in [-0.25, -0.2) is 4.98 Å². The van der Waals surface area contributed by atoms with Crippen molar-refractivity contribution in [2.75, 3.05) is 25.4 Å². The van der Waals surface area contributed by atoms with Gasteiger partial charge in [-0.3, -0.25) is 4.79 Å². The highest BCUT2D eigenvalue weighted by molar-refractivity contribution is 6.29. The zero-order valence-corrected chi connectivity index (χ0v) is 11.8. The Balaban J connectivity index is 1.92. The zero-order valence-electron chi connectivity index (χ0n) is 11.0. The number of carbonyl (C=O) groups is 1. The molecule has 1 amide bonds. The van der Waals surface area contributed by atoms with Gasteiger partial charge >= 0.3 is 0 Å². The van der Waals surface area contributed by atoms with Crippen LogP contribution in [0.3, 0.4) is 0 Å². The van der Waals surface area contributed by atoms with E-state index in [9.17, 15) is 4.79 Å². The summed E-state index contributed by atoms with van der Waals surface area (Å²) in [6.45, 7) is 5.12. The molecule has 0 saturated carbocycles. The van der Waals surface area contributed by atoms with Crippen molar-refractivity contribution in [2.24, 2.45) is 0 Å². The zero-order chi connectivity index (χ0) is 13.8. The molecular weight excluding hydrogens is 264 g/mol. The van der Waals surface area contributed by atoms with E-state index in [1.54, 1.807) is 0 Å². The van der Waals surface area contributed by atoms with Crippen molar-refractivity contribution in [2.45, 2.75) is 25.8 Å². The Kier molecular flexibility index (Phi) is 4.61. The minimum absolute atomic E-state index is 0.0961. The van der Waals surface area contributed by atoms with E-state index >= 15 is 0 Å². The van der Waals surface area contributed by atoms with Crippen molar-refractivity contribution in [3.05, 3.63) is 22.8 Å². The lowest BCUT2D eigenvalue weighted by Gasteiger charge is -2.21. The number of carbonyl (C=O) groups excluding carboxylic acids is 1. The molecular formula is C13H19ClN4O. The van der Waals surface area contributed by atoms with Crippen LogP contribution in [0.15, 0.2) is 12.1 Å². The van der Waals surface area contributed by atoms with Gasteiger partial charge in [-0.2, -0.15) is 0 Å². The average molecular weight is 283 g/mol. The van der Waals surface area contributed by atoms with E-state index in [1.807, 2.05) is 6.92 Å². The molecule has 0 spiro atoms. The summed E-state index contributed by atoms with van der Waals surface area (Å²) in [5.74, 6) is 0.0903. The van der Waals surface area contributed by atoms with Gasteiger partial charge in [0.05, 0.1) is 0 Å². The van der Waals surface area contributed by atoms with E-state index in [4.69, 9.17) is 17.3 Å². The molecule has 0 aliphatic carbocycles. The van der Waals surface area contributed by atoms with Crippen LogP contribution in [0.25, 0.3) is 0 Å². The first-order valence-corrected chi connectivity index (χ1v) is 6.88. The topological polar surface area (TPSA) is 71.2 Å². The van der Waals surface area contributed by atoms with E-state index in [-0.39, 0.29) is 22.9 Å². The second kappa shape index (κ2) is 6.21. The van der Waals surface area contributed by atoms with Crippen molar-refractivity contribution >= 4 is 23.3 Å². The molecule has 3 N–H and O–H groups in total. The summed E-state index contributed by atoms with van der Waals surface area (Å²) in [6.07, 6.45) is 2.49. The highest BCUT2D eigenvalue weighted by atomic mass is 35.5. The van der Waals surface area contributed by atoms with Crippen LogP contribution in [0.1, 0.15) is 30.1 Å². The third kappa shape index (κ3) is 4.08. The van der Waals surface area contributed by atoms with Crippen LogP contribution in [0.5, 0.6) is 0 Å². The molecule has 2 rings (SSSR count). The molecule has 1 aliphatic rings. The number of halogens is 1.